The number of aromatic nitrogens is 1. The van der Waals surface area contributed by atoms with Crippen molar-refractivity contribution < 1.29 is 9.47 Å². The molecule has 1 aromatic heterocycles. The highest BCUT2D eigenvalue weighted by atomic mass is 32.1. The number of benzene rings is 1. The lowest BCUT2D eigenvalue weighted by Gasteiger charge is -2.28. The molecule has 1 atom stereocenters. The van der Waals surface area contributed by atoms with Gasteiger partial charge in [0.25, 0.3) is 5.56 Å². The Morgan fingerprint density at radius 2 is 2.25 bits per heavy atom. The van der Waals surface area contributed by atoms with E-state index in [4.69, 9.17) is 21.7 Å². The summed E-state index contributed by atoms with van der Waals surface area (Å²) in [5.41, 5.74) is 1.39. The molecule has 2 aromatic rings. The zero-order valence-electron chi connectivity index (χ0n) is 16.6. The van der Waals surface area contributed by atoms with Gasteiger partial charge in [-0.15, -0.1) is 0 Å². The number of nitrogens with zero attached hydrogens (tertiary/aromatic N) is 1. The van der Waals surface area contributed by atoms with Crippen molar-refractivity contribution in [3.8, 4) is 5.75 Å². The van der Waals surface area contributed by atoms with Crippen molar-refractivity contribution in [2.45, 2.75) is 45.8 Å². The lowest BCUT2D eigenvalue weighted by molar-refractivity contribution is 0.0897. The molecular weight excluding hydrogens is 374 g/mol. The number of rotatable bonds is 8. The topological polar surface area (TPSA) is 66.6 Å². The summed E-state index contributed by atoms with van der Waals surface area (Å²) in [5, 5.41) is 4.89. The first-order valence-corrected chi connectivity index (χ1v) is 10.4. The van der Waals surface area contributed by atoms with Gasteiger partial charge in [0.15, 0.2) is 5.11 Å². The second-order valence-corrected chi connectivity index (χ2v) is 7.44. The van der Waals surface area contributed by atoms with Gasteiger partial charge in [0.2, 0.25) is 0 Å². The average molecular weight is 404 g/mol. The first-order chi connectivity index (χ1) is 13.6. The fraction of sp³-hybridized carbons (Fsp3) is 0.524. The zero-order valence-corrected chi connectivity index (χ0v) is 17.4. The lowest BCUT2D eigenvalue weighted by atomic mass is 10.1. The summed E-state index contributed by atoms with van der Waals surface area (Å²) in [4.78, 5) is 17.7. The fourth-order valence-electron chi connectivity index (χ4n) is 3.41. The third-order valence-corrected chi connectivity index (χ3v) is 5.23. The highest BCUT2D eigenvalue weighted by Gasteiger charge is 2.22. The Morgan fingerprint density at radius 1 is 1.39 bits per heavy atom. The Morgan fingerprint density at radius 3 is 2.96 bits per heavy atom. The minimum Gasteiger partial charge on any atom is -0.494 e. The highest BCUT2D eigenvalue weighted by molar-refractivity contribution is 7.80. The molecule has 7 heteroatoms. The zero-order chi connectivity index (χ0) is 19.9. The lowest BCUT2D eigenvalue weighted by Crippen LogP contribution is -2.44. The van der Waals surface area contributed by atoms with Crippen molar-refractivity contribution in [1.82, 2.24) is 15.2 Å². The van der Waals surface area contributed by atoms with Crippen LogP contribution in [0.25, 0.3) is 10.9 Å². The largest absolute Gasteiger partial charge is 0.494 e. The van der Waals surface area contributed by atoms with Gasteiger partial charge in [0.1, 0.15) is 5.75 Å². The Bertz CT molecular complexity index is 862. The molecule has 0 aliphatic carbocycles. The molecule has 0 radical (unpaired) electrons. The van der Waals surface area contributed by atoms with Crippen LogP contribution in [0.1, 0.15) is 38.7 Å². The van der Waals surface area contributed by atoms with Crippen LogP contribution in [0, 0.1) is 0 Å². The summed E-state index contributed by atoms with van der Waals surface area (Å²) in [6.45, 7) is 7.40. The summed E-state index contributed by atoms with van der Waals surface area (Å²) < 4.78 is 11.4. The second kappa shape index (κ2) is 9.89. The number of H-pyrrole nitrogens is 1. The maximum absolute atomic E-state index is 12.6. The van der Waals surface area contributed by atoms with Crippen LogP contribution in [0.4, 0.5) is 0 Å². The summed E-state index contributed by atoms with van der Waals surface area (Å²) >= 11 is 5.60. The van der Waals surface area contributed by atoms with Gasteiger partial charge in [-0.25, -0.2) is 0 Å². The van der Waals surface area contributed by atoms with Gasteiger partial charge in [-0.05, 0) is 62.7 Å². The molecule has 1 aliphatic heterocycles. The molecule has 1 aromatic carbocycles. The van der Waals surface area contributed by atoms with E-state index in [1.54, 1.807) is 0 Å². The normalized spacial score (nSPS) is 16.3. The molecule has 1 aliphatic rings. The van der Waals surface area contributed by atoms with Gasteiger partial charge < -0.3 is 24.7 Å². The first kappa shape index (κ1) is 20.6. The van der Waals surface area contributed by atoms with E-state index >= 15 is 0 Å². The summed E-state index contributed by atoms with van der Waals surface area (Å²) in [7, 11) is 0. The van der Waals surface area contributed by atoms with Crippen LogP contribution in [0.3, 0.4) is 0 Å². The van der Waals surface area contributed by atoms with Crippen LogP contribution in [0.2, 0.25) is 0 Å². The number of thiocarbonyl (C=S) groups is 1. The Kier molecular flexibility index (Phi) is 7.28. The molecule has 2 N–H and O–H groups in total. The van der Waals surface area contributed by atoms with E-state index in [-0.39, 0.29) is 11.7 Å². The monoisotopic (exact) mass is 403 g/mol. The first-order valence-electron chi connectivity index (χ1n) is 10.0. The molecular formula is C21H29N3O3S. The average Bonchev–Trinajstić information content (AvgIpc) is 3.19. The van der Waals surface area contributed by atoms with Crippen molar-refractivity contribution >= 4 is 28.2 Å². The molecule has 152 valence electrons. The van der Waals surface area contributed by atoms with Crippen LogP contribution in [-0.2, 0) is 11.3 Å². The van der Waals surface area contributed by atoms with Crippen molar-refractivity contribution in [2.24, 2.45) is 0 Å². The molecule has 28 heavy (non-hydrogen) atoms. The van der Waals surface area contributed by atoms with E-state index in [1.165, 1.54) is 0 Å². The van der Waals surface area contributed by atoms with E-state index in [2.05, 4.69) is 17.2 Å². The Hall–Kier alpha value is -2.12. The summed E-state index contributed by atoms with van der Waals surface area (Å²) in [6.07, 6.45) is 3.25. The number of hydrogen-bond acceptors (Lipinski definition) is 4. The quantitative estimate of drug-likeness (QED) is 0.660. The summed E-state index contributed by atoms with van der Waals surface area (Å²) in [5.74, 6) is 0.796. The van der Waals surface area contributed by atoms with Gasteiger partial charge >= 0.3 is 0 Å². The Labute approximate surface area is 171 Å². The number of pyridine rings is 1. The van der Waals surface area contributed by atoms with Gasteiger partial charge in [-0.2, -0.15) is 0 Å². The molecule has 2 heterocycles. The molecule has 1 fully saturated rings. The molecule has 1 unspecified atom stereocenters. The van der Waals surface area contributed by atoms with Crippen molar-refractivity contribution in [2.75, 3.05) is 26.3 Å². The van der Waals surface area contributed by atoms with Crippen LogP contribution in [0.5, 0.6) is 5.75 Å². The SMILES string of the molecule is CCCNC(=S)N(Cc1cc2cc(OCC)ccc2[nH]c1=O)CC1CCCO1. The predicted octanol–water partition coefficient (Wildman–Crippen LogP) is 3.19. The third-order valence-electron chi connectivity index (χ3n) is 4.83. The smallest absolute Gasteiger partial charge is 0.253 e. The van der Waals surface area contributed by atoms with Gasteiger partial charge in [0, 0.05) is 36.2 Å². The number of fused-ring (bicyclic) bond motifs is 1. The molecule has 0 spiro atoms. The van der Waals surface area contributed by atoms with Crippen LogP contribution in [0.15, 0.2) is 29.1 Å². The van der Waals surface area contributed by atoms with Crippen molar-refractivity contribution in [3.63, 3.8) is 0 Å². The number of aromatic amines is 1. The van der Waals surface area contributed by atoms with Crippen LogP contribution in [-0.4, -0.2) is 47.4 Å². The van der Waals surface area contributed by atoms with Crippen molar-refractivity contribution in [3.05, 3.63) is 40.2 Å². The van der Waals surface area contributed by atoms with Crippen LogP contribution >= 0.6 is 12.2 Å². The second-order valence-electron chi connectivity index (χ2n) is 7.05. The predicted molar refractivity (Wildman–Crippen MR) is 116 cm³/mol. The number of ether oxygens (including phenoxy) is 2. The van der Waals surface area contributed by atoms with Gasteiger partial charge in [-0.3, -0.25) is 4.79 Å². The standard InChI is InChI=1S/C21H29N3O3S/c1-3-9-22-21(28)24(14-18-6-5-10-27-18)13-16-11-15-12-17(26-4-2)7-8-19(15)23-20(16)25/h7-8,11-12,18H,3-6,9-10,13-14H2,1-2H3,(H,22,28)(H,23,25). The molecule has 3 rings (SSSR count). The highest BCUT2D eigenvalue weighted by Crippen LogP contribution is 2.20. The van der Waals surface area contributed by atoms with Crippen LogP contribution < -0.4 is 15.6 Å². The number of hydrogen-bond donors (Lipinski definition) is 2. The summed E-state index contributed by atoms with van der Waals surface area (Å²) in [6, 6.07) is 7.63. The third kappa shape index (κ3) is 5.23. The minimum atomic E-state index is -0.0905. The molecule has 0 bridgehead atoms. The minimum absolute atomic E-state index is 0.0905. The molecule has 1 saturated heterocycles. The van der Waals surface area contributed by atoms with Gasteiger partial charge in [0.05, 0.1) is 19.3 Å². The maximum atomic E-state index is 12.6. The van der Waals surface area contributed by atoms with E-state index in [0.29, 0.717) is 30.4 Å². The van der Waals surface area contributed by atoms with E-state index in [9.17, 15) is 4.79 Å². The van der Waals surface area contributed by atoms with E-state index in [0.717, 1.165) is 49.1 Å². The van der Waals surface area contributed by atoms with Gasteiger partial charge in [-0.1, -0.05) is 6.92 Å². The number of nitrogens with one attached hydrogen (secondary N) is 2. The van der Waals surface area contributed by atoms with Crippen molar-refractivity contribution in [1.29, 1.82) is 0 Å². The van der Waals surface area contributed by atoms with E-state index < -0.39 is 0 Å². The Balaban J connectivity index is 1.84. The van der Waals surface area contributed by atoms with E-state index in [1.807, 2.05) is 36.1 Å². The molecule has 0 amide bonds. The fourth-order valence-corrected chi connectivity index (χ4v) is 3.65. The maximum Gasteiger partial charge on any atom is 0.253 e. The molecule has 0 saturated carbocycles. The molecule has 6 nitrogen and oxygen atoms in total.